The highest BCUT2D eigenvalue weighted by Crippen LogP contribution is 2.34. The van der Waals surface area contributed by atoms with E-state index in [0.29, 0.717) is 0 Å². The zero-order valence-corrected chi connectivity index (χ0v) is 11.4. The molecular formula is C14H27N3. The Labute approximate surface area is 106 Å². The van der Waals surface area contributed by atoms with Crippen molar-refractivity contribution >= 4 is 0 Å². The summed E-state index contributed by atoms with van der Waals surface area (Å²) in [4.78, 5) is 5.24. The van der Waals surface area contributed by atoms with E-state index in [4.69, 9.17) is 0 Å². The maximum Gasteiger partial charge on any atom is 0.0194 e. The van der Waals surface area contributed by atoms with Gasteiger partial charge in [0, 0.05) is 31.2 Å². The van der Waals surface area contributed by atoms with Gasteiger partial charge < -0.3 is 10.2 Å². The number of likely N-dealkylation sites (N-methyl/N-ethyl adjacent to an activating group) is 1. The molecule has 3 heteroatoms. The van der Waals surface area contributed by atoms with Gasteiger partial charge in [0.25, 0.3) is 0 Å². The number of hydrogen-bond donors (Lipinski definition) is 1. The van der Waals surface area contributed by atoms with E-state index >= 15 is 0 Å². The molecule has 4 unspecified atom stereocenters. The van der Waals surface area contributed by atoms with Gasteiger partial charge in [-0.3, -0.25) is 4.90 Å². The molecule has 0 amide bonds. The minimum Gasteiger partial charge on any atom is -0.311 e. The number of rotatable bonds is 2. The van der Waals surface area contributed by atoms with Crippen molar-refractivity contribution in [3.05, 3.63) is 0 Å². The smallest absolute Gasteiger partial charge is 0.0194 e. The van der Waals surface area contributed by atoms with Crippen molar-refractivity contribution in [2.75, 3.05) is 33.2 Å². The summed E-state index contributed by atoms with van der Waals surface area (Å²) in [6, 6.07) is 2.43. The van der Waals surface area contributed by atoms with Crippen molar-refractivity contribution < 1.29 is 0 Å². The Hall–Kier alpha value is -0.120. The number of fused-ring (bicyclic) bond motifs is 2. The molecule has 0 aromatic rings. The van der Waals surface area contributed by atoms with E-state index < -0.39 is 0 Å². The van der Waals surface area contributed by atoms with E-state index in [2.05, 4.69) is 29.1 Å². The summed E-state index contributed by atoms with van der Waals surface area (Å²) in [6.45, 7) is 7.56. The van der Waals surface area contributed by atoms with Crippen molar-refractivity contribution in [2.45, 2.75) is 50.7 Å². The molecule has 4 atom stereocenters. The zero-order chi connectivity index (χ0) is 11.8. The Morgan fingerprint density at radius 3 is 2.82 bits per heavy atom. The first-order chi connectivity index (χ1) is 8.22. The Kier molecular flexibility index (Phi) is 3.42. The molecule has 0 aromatic carbocycles. The predicted molar refractivity (Wildman–Crippen MR) is 71.2 cm³/mol. The third-order valence-electron chi connectivity index (χ3n) is 5.09. The Balaban J connectivity index is 1.57. The molecule has 3 saturated heterocycles. The van der Waals surface area contributed by atoms with Crippen LogP contribution in [0, 0.1) is 5.92 Å². The molecule has 3 aliphatic heterocycles. The molecule has 3 heterocycles. The van der Waals surface area contributed by atoms with Crippen LogP contribution in [0.15, 0.2) is 0 Å². The molecule has 0 radical (unpaired) electrons. The molecule has 17 heavy (non-hydrogen) atoms. The molecule has 0 aliphatic carbocycles. The average Bonchev–Trinajstić information content (AvgIpc) is 2.85. The maximum absolute atomic E-state index is 3.77. The Bertz CT molecular complexity index is 268. The average molecular weight is 237 g/mol. The molecule has 3 fully saturated rings. The van der Waals surface area contributed by atoms with Gasteiger partial charge in [-0.1, -0.05) is 0 Å². The van der Waals surface area contributed by atoms with E-state index in [1.165, 1.54) is 51.9 Å². The van der Waals surface area contributed by atoms with E-state index in [9.17, 15) is 0 Å². The molecule has 1 N–H and O–H groups in total. The fourth-order valence-corrected chi connectivity index (χ4v) is 4.13. The Morgan fingerprint density at radius 1 is 1.24 bits per heavy atom. The number of nitrogens with one attached hydrogen (secondary N) is 1. The summed E-state index contributed by atoms with van der Waals surface area (Å²) < 4.78 is 0. The van der Waals surface area contributed by atoms with Gasteiger partial charge in [0.2, 0.25) is 0 Å². The summed E-state index contributed by atoms with van der Waals surface area (Å²) >= 11 is 0. The minimum atomic E-state index is 0.738. The van der Waals surface area contributed by atoms with E-state index in [1.807, 2.05) is 0 Å². The third kappa shape index (κ3) is 2.51. The summed E-state index contributed by atoms with van der Waals surface area (Å²) in [5.41, 5.74) is 0. The van der Waals surface area contributed by atoms with Crippen LogP contribution >= 0.6 is 0 Å². The minimum absolute atomic E-state index is 0.738. The standard InChI is InChI=1S/C14H27N3/c1-11-9-16(2)6-3-7-17(11)10-12-8-13-4-5-14(12)15-13/h11-15H,3-10H2,1-2H3. The van der Waals surface area contributed by atoms with Gasteiger partial charge in [-0.25, -0.2) is 0 Å². The van der Waals surface area contributed by atoms with Crippen LogP contribution in [-0.4, -0.2) is 61.2 Å². The molecule has 3 rings (SSSR count). The van der Waals surface area contributed by atoms with E-state index in [0.717, 1.165) is 24.0 Å². The van der Waals surface area contributed by atoms with Crippen LogP contribution in [0.3, 0.4) is 0 Å². The monoisotopic (exact) mass is 237 g/mol. The second-order valence-corrected chi connectivity index (χ2v) is 6.50. The fourth-order valence-electron chi connectivity index (χ4n) is 4.13. The highest BCUT2D eigenvalue weighted by atomic mass is 15.2. The van der Waals surface area contributed by atoms with Crippen molar-refractivity contribution in [1.29, 1.82) is 0 Å². The zero-order valence-electron chi connectivity index (χ0n) is 11.4. The highest BCUT2D eigenvalue weighted by molar-refractivity contribution is 4.98. The molecule has 3 aliphatic rings. The van der Waals surface area contributed by atoms with Crippen molar-refractivity contribution in [3.8, 4) is 0 Å². The van der Waals surface area contributed by atoms with Crippen LogP contribution in [-0.2, 0) is 0 Å². The lowest BCUT2D eigenvalue weighted by Gasteiger charge is -2.32. The van der Waals surface area contributed by atoms with Crippen molar-refractivity contribution in [3.63, 3.8) is 0 Å². The van der Waals surface area contributed by atoms with Gasteiger partial charge in [-0.05, 0) is 58.7 Å². The molecule has 3 nitrogen and oxygen atoms in total. The normalized spacial score (nSPS) is 44.1. The lowest BCUT2D eigenvalue weighted by molar-refractivity contribution is 0.162. The van der Waals surface area contributed by atoms with Gasteiger partial charge in [-0.2, -0.15) is 0 Å². The van der Waals surface area contributed by atoms with Gasteiger partial charge >= 0.3 is 0 Å². The molecule has 0 aromatic heterocycles. The Morgan fingerprint density at radius 2 is 2.12 bits per heavy atom. The first kappa shape index (κ1) is 11.9. The predicted octanol–water partition coefficient (Wildman–Crippen LogP) is 1.15. The first-order valence-electron chi connectivity index (χ1n) is 7.41. The topological polar surface area (TPSA) is 18.5 Å². The van der Waals surface area contributed by atoms with Crippen LogP contribution in [0.2, 0.25) is 0 Å². The molecular weight excluding hydrogens is 210 g/mol. The summed E-state index contributed by atoms with van der Waals surface area (Å²) in [5.74, 6) is 0.930. The molecule has 98 valence electrons. The molecule has 0 saturated carbocycles. The summed E-state index contributed by atoms with van der Waals surface area (Å²) in [5, 5.41) is 3.77. The highest BCUT2D eigenvalue weighted by Gasteiger charge is 2.40. The fraction of sp³-hybridized carbons (Fsp3) is 1.00. The second-order valence-electron chi connectivity index (χ2n) is 6.50. The van der Waals surface area contributed by atoms with E-state index in [1.54, 1.807) is 0 Å². The van der Waals surface area contributed by atoms with Gasteiger partial charge in [-0.15, -0.1) is 0 Å². The molecule has 2 bridgehead atoms. The first-order valence-corrected chi connectivity index (χ1v) is 7.41. The van der Waals surface area contributed by atoms with Crippen LogP contribution in [0.4, 0.5) is 0 Å². The van der Waals surface area contributed by atoms with Crippen molar-refractivity contribution in [2.24, 2.45) is 5.92 Å². The van der Waals surface area contributed by atoms with Crippen LogP contribution in [0.1, 0.15) is 32.6 Å². The molecule has 0 spiro atoms. The van der Waals surface area contributed by atoms with Gasteiger partial charge in [0.05, 0.1) is 0 Å². The third-order valence-corrected chi connectivity index (χ3v) is 5.09. The largest absolute Gasteiger partial charge is 0.311 e. The van der Waals surface area contributed by atoms with E-state index in [-0.39, 0.29) is 0 Å². The summed E-state index contributed by atoms with van der Waals surface area (Å²) in [7, 11) is 2.26. The quantitative estimate of drug-likeness (QED) is 0.777. The number of hydrogen-bond acceptors (Lipinski definition) is 3. The van der Waals surface area contributed by atoms with Gasteiger partial charge in [0.1, 0.15) is 0 Å². The lowest BCUT2D eigenvalue weighted by atomic mass is 9.88. The van der Waals surface area contributed by atoms with Crippen molar-refractivity contribution in [1.82, 2.24) is 15.1 Å². The van der Waals surface area contributed by atoms with Crippen LogP contribution in [0.5, 0.6) is 0 Å². The van der Waals surface area contributed by atoms with Gasteiger partial charge in [0.15, 0.2) is 0 Å². The lowest BCUT2D eigenvalue weighted by Crippen LogP contribution is -2.42. The number of nitrogens with zero attached hydrogens (tertiary/aromatic N) is 2. The van der Waals surface area contributed by atoms with Crippen LogP contribution < -0.4 is 5.32 Å². The SMILES string of the molecule is CC1CN(C)CCCN1CC1CC2CCC1N2. The maximum atomic E-state index is 3.77. The summed E-state index contributed by atoms with van der Waals surface area (Å²) in [6.07, 6.45) is 5.63. The second kappa shape index (κ2) is 4.87. The van der Waals surface area contributed by atoms with Crippen LogP contribution in [0.25, 0.3) is 0 Å².